The number of hydrogen-bond donors (Lipinski definition) is 2. The van der Waals surface area contributed by atoms with E-state index in [-0.39, 0.29) is 16.1 Å². The molecule has 2 N–H and O–H groups in total. The quantitative estimate of drug-likeness (QED) is 0.437. The van der Waals surface area contributed by atoms with Crippen LogP contribution in [0, 0.1) is 0 Å². The standard InChI is InChI=1S/C18H12ClF3N2O3S/c1-26-14-5-2-9(19)6-13(14)24-17(28)23-10-3-4-11-12(18(20,21)22)8-16(25)27-15(11)7-10/h2-8H,1H3,(H2,23,24,28). The van der Waals surface area contributed by atoms with Crippen LogP contribution in [0.1, 0.15) is 5.56 Å². The van der Waals surface area contributed by atoms with Crippen molar-refractivity contribution in [3.05, 3.63) is 63.5 Å². The lowest BCUT2D eigenvalue weighted by Crippen LogP contribution is -2.19. The minimum atomic E-state index is -4.68. The molecule has 0 fully saturated rings. The van der Waals surface area contributed by atoms with Gasteiger partial charge in [0.2, 0.25) is 0 Å². The third-order valence-electron chi connectivity index (χ3n) is 3.72. The average Bonchev–Trinajstić information content (AvgIpc) is 2.60. The number of rotatable bonds is 3. The van der Waals surface area contributed by atoms with Crippen molar-refractivity contribution in [3.63, 3.8) is 0 Å². The van der Waals surface area contributed by atoms with E-state index in [1.807, 2.05) is 0 Å². The van der Waals surface area contributed by atoms with E-state index in [1.165, 1.54) is 25.3 Å². The molecule has 0 atom stereocenters. The first-order valence-electron chi connectivity index (χ1n) is 7.74. The molecular weight excluding hydrogens is 417 g/mol. The zero-order chi connectivity index (χ0) is 20.5. The van der Waals surface area contributed by atoms with Gasteiger partial charge in [-0.15, -0.1) is 0 Å². The topological polar surface area (TPSA) is 63.5 Å². The third kappa shape index (κ3) is 4.37. The summed E-state index contributed by atoms with van der Waals surface area (Å²) in [5, 5.41) is 6.06. The van der Waals surface area contributed by atoms with Crippen molar-refractivity contribution < 1.29 is 22.3 Å². The van der Waals surface area contributed by atoms with Crippen LogP contribution in [0.2, 0.25) is 5.02 Å². The SMILES string of the molecule is COc1ccc(Cl)cc1NC(=S)Nc1ccc2c(C(F)(F)F)cc(=O)oc2c1. The van der Waals surface area contributed by atoms with Gasteiger partial charge in [-0.3, -0.25) is 0 Å². The number of fused-ring (bicyclic) bond motifs is 1. The Hall–Kier alpha value is -2.78. The number of alkyl halides is 3. The van der Waals surface area contributed by atoms with Crippen LogP contribution in [-0.2, 0) is 6.18 Å². The van der Waals surface area contributed by atoms with E-state index < -0.39 is 17.4 Å². The highest BCUT2D eigenvalue weighted by Gasteiger charge is 2.33. The molecule has 3 rings (SSSR count). The Morgan fingerprint density at radius 2 is 1.89 bits per heavy atom. The summed E-state index contributed by atoms with van der Waals surface area (Å²) in [5.41, 5.74) is -1.54. The maximum atomic E-state index is 13.1. The number of ether oxygens (including phenoxy) is 1. The van der Waals surface area contributed by atoms with Crippen LogP contribution in [-0.4, -0.2) is 12.2 Å². The normalized spacial score (nSPS) is 11.3. The summed E-state index contributed by atoms with van der Waals surface area (Å²) in [4.78, 5) is 11.5. The van der Waals surface area contributed by atoms with E-state index in [0.29, 0.717) is 28.2 Å². The van der Waals surface area contributed by atoms with Crippen molar-refractivity contribution >= 4 is 51.3 Å². The van der Waals surface area contributed by atoms with Crippen LogP contribution in [0.15, 0.2) is 51.7 Å². The van der Waals surface area contributed by atoms with Crippen LogP contribution in [0.5, 0.6) is 5.75 Å². The highest BCUT2D eigenvalue weighted by atomic mass is 35.5. The van der Waals surface area contributed by atoms with Gasteiger partial charge >= 0.3 is 11.8 Å². The van der Waals surface area contributed by atoms with E-state index in [9.17, 15) is 18.0 Å². The smallest absolute Gasteiger partial charge is 0.417 e. The summed E-state index contributed by atoms with van der Waals surface area (Å²) < 4.78 is 49.4. The number of benzene rings is 2. The molecule has 0 saturated carbocycles. The number of nitrogens with one attached hydrogen (secondary N) is 2. The molecule has 10 heteroatoms. The molecule has 1 aromatic heterocycles. The largest absolute Gasteiger partial charge is 0.495 e. The van der Waals surface area contributed by atoms with E-state index in [0.717, 1.165) is 0 Å². The summed E-state index contributed by atoms with van der Waals surface area (Å²) in [6, 6.07) is 9.17. The van der Waals surface area contributed by atoms with E-state index in [4.69, 9.17) is 33.0 Å². The highest BCUT2D eigenvalue weighted by Crippen LogP contribution is 2.34. The molecule has 0 aliphatic carbocycles. The fraction of sp³-hybridized carbons (Fsp3) is 0.111. The summed E-state index contributed by atoms with van der Waals surface area (Å²) >= 11 is 11.2. The fourth-order valence-electron chi connectivity index (χ4n) is 2.54. The average molecular weight is 429 g/mol. The fourth-order valence-corrected chi connectivity index (χ4v) is 2.94. The summed E-state index contributed by atoms with van der Waals surface area (Å²) in [7, 11) is 1.48. The second-order valence-corrected chi connectivity index (χ2v) is 6.46. The molecular formula is C18H12ClF3N2O3S. The number of hydrogen-bond acceptors (Lipinski definition) is 4. The van der Waals surface area contributed by atoms with Gasteiger partial charge in [0.1, 0.15) is 11.3 Å². The Bertz CT molecular complexity index is 1120. The molecule has 0 radical (unpaired) electrons. The van der Waals surface area contributed by atoms with Gasteiger partial charge in [0, 0.05) is 28.2 Å². The highest BCUT2D eigenvalue weighted by molar-refractivity contribution is 7.80. The molecule has 28 heavy (non-hydrogen) atoms. The van der Waals surface area contributed by atoms with Gasteiger partial charge in [0.15, 0.2) is 5.11 Å². The van der Waals surface area contributed by atoms with Crippen LogP contribution < -0.4 is 21.0 Å². The van der Waals surface area contributed by atoms with Gasteiger partial charge in [0.05, 0.1) is 18.4 Å². The molecule has 0 unspecified atom stereocenters. The zero-order valence-corrected chi connectivity index (χ0v) is 15.8. The van der Waals surface area contributed by atoms with Crippen molar-refractivity contribution in [2.24, 2.45) is 0 Å². The monoisotopic (exact) mass is 428 g/mol. The lowest BCUT2D eigenvalue weighted by molar-refractivity contribution is -0.136. The predicted octanol–water partition coefficient (Wildman–Crippen LogP) is 5.28. The number of anilines is 2. The van der Waals surface area contributed by atoms with Gasteiger partial charge in [-0.2, -0.15) is 13.2 Å². The Morgan fingerprint density at radius 1 is 1.14 bits per heavy atom. The van der Waals surface area contributed by atoms with Crippen molar-refractivity contribution in [3.8, 4) is 5.75 Å². The molecule has 5 nitrogen and oxygen atoms in total. The summed E-state index contributed by atoms with van der Waals surface area (Å²) in [6.07, 6.45) is -4.68. The molecule has 0 bridgehead atoms. The lowest BCUT2D eigenvalue weighted by Gasteiger charge is -2.14. The Balaban J connectivity index is 1.88. The Labute approximate surface area is 167 Å². The molecule has 2 aromatic carbocycles. The van der Waals surface area contributed by atoms with Crippen LogP contribution >= 0.6 is 23.8 Å². The van der Waals surface area contributed by atoms with Crippen LogP contribution in [0.3, 0.4) is 0 Å². The molecule has 3 aromatic rings. The Morgan fingerprint density at radius 3 is 2.57 bits per heavy atom. The molecule has 0 spiro atoms. The third-order valence-corrected chi connectivity index (χ3v) is 4.16. The molecule has 0 saturated heterocycles. The first kappa shape index (κ1) is 20.0. The lowest BCUT2D eigenvalue weighted by atomic mass is 10.1. The van der Waals surface area contributed by atoms with E-state index >= 15 is 0 Å². The van der Waals surface area contributed by atoms with Crippen molar-refractivity contribution in [1.82, 2.24) is 0 Å². The van der Waals surface area contributed by atoms with Gasteiger partial charge in [0.25, 0.3) is 0 Å². The summed E-state index contributed by atoms with van der Waals surface area (Å²) in [5.74, 6) is 0.493. The van der Waals surface area contributed by atoms with Crippen molar-refractivity contribution in [1.29, 1.82) is 0 Å². The van der Waals surface area contributed by atoms with Gasteiger partial charge in [-0.05, 0) is 42.5 Å². The second kappa shape index (κ2) is 7.69. The van der Waals surface area contributed by atoms with E-state index in [1.54, 1.807) is 18.2 Å². The number of thiocarbonyl (C=S) groups is 1. The van der Waals surface area contributed by atoms with Gasteiger partial charge in [-0.1, -0.05) is 11.6 Å². The molecule has 1 heterocycles. The van der Waals surface area contributed by atoms with Crippen molar-refractivity contribution in [2.75, 3.05) is 17.7 Å². The minimum Gasteiger partial charge on any atom is -0.495 e. The van der Waals surface area contributed by atoms with Crippen LogP contribution in [0.4, 0.5) is 24.5 Å². The first-order valence-corrected chi connectivity index (χ1v) is 8.52. The van der Waals surface area contributed by atoms with Crippen molar-refractivity contribution in [2.45, 2.75) is 6.18 Å². The molecule has 0 aliphatic rings. The number of halogens is 4. The zero-order valence-electron chi connectivity index (χ0n) is 14.2. The first-order chi connectivity index (χ1) is 13.2. The molecule has 0 aliphatic heterocycles. The molecule has 146 valence electrons. The van der Waals surface area contributed by atoms with Gasteiger partial charge in [-0.25, -0.2) is 4.79 Å². The minimum absolute atomic E-state index is 0.134. The Kier molecular flexibility index (Phi) is 5.48. The summed E-state index contributed by atoms with van der Waals surface area (Å²) in [6.45, 7) is 0. The predicted molar refractivity (Wildman–Crippen MR) is 105 cm³/mol. The maximum absolute atomic E-state index is 13.1. The van der Waals surface area contributed by atoms with Crippen LogP contribution in [0.25, 0.3) is 11.0 Å². The van der Waals surface area contributed by atoms with E-state index in [2.05, 4.69) is 10.6 Å². The second-order valence-electron chi connectivity index (χ2n) is 5.61. The maximum Gasteiger partial charge on any atom is 0.417 e. The molecule has 0 amide bonds. The number of methoxy groups -OCH3 is 1. The van der Waals surface area contributed by atoms with Gasteiger partial charge < -0.3 is 19.8 Å².